The van der Waals surface area contributed by atoms with Crippen LogP contribution in [-0.4, -0.2) is 18.4 Å². The Hall–Kier alpha value is -0.670. The highest BCUT2D eigenvalue weighted by atomic mass is 19.3. The highest BCUT2D eigenvalue weighted by Crippen LogP contribution is 2.41. The summed E-state index contributed by atoms with van der Waals surface area (Å²) in [7, 11) is 0. The molecule has 12 heavy (non-hydrogen) atoms. The molecule has 0 aromatic heterocycles. The summed E-state index contributed by atoms with van der Waals surface area (Å²) < 4.78 is 24.6. The number of carbonyl (C=O) groups excluding carboxylic acids is 1. The van der Waals surface area contributed by atoms with E-state index in [9.17, 15) is 13.6 Å². The lowest BCUT2D eigenvalue weighted by molar-refractivity contribution is -0.125. The summed E-state index contributed by atoms with van der Waals surface area (Å²) in [6.45, 7) is 2.15. The molecule has 1 rings (SSSR count). The molecule has 70 valence electrons. The first kappa shape index (κ1) is 9.42. The van der Waals surface area contributed by atoms with Gasteiger partial charge in [0.05, 0.1) is 0 Å². The second-order valence-corrected chi connectivity index (χ2v) is 3.29. The minimum Gasteiger partial charge on any atom is -0.356 e. The van der Waals surface area contributed by atoms with E-state index in [1.54, 1.807) is 6.92 Å². The van der Waals surface area contributed by atoms with Gasteiger partial charge in [0.25, 0.3) is 0 Å². The van der Waals surface area contributed by atoms with Crippen LogP contribution in [0, 0.1) is 5.92 Å². The molecule has 0 radical (unpaired) electrons. The normalized spacial score (nSPS) is 21.6. The van der Waals surface area contributed by atoms with Crippen molar-refractivity contribution in [2.75, 3.05) is 6.54 Å². The van der Waals surface area contributed by atoms with Crippen LogP contribution >= 0.6 is 0 Å². The van der Waals surface area contributed by atoms with Gasteiger partial charge in [-0.25, -0.2) is 8.78 Å². The minimum atomic E-state index is -2.47. The molecule has 1 N–H and O–H groups in total. The average molecular weight is 177 g/mol. The van der Waals surface area contributed by atoms with Crippen LogP contribution in [0.2, 0.25) is 0 Å². The number of alkyl halides is 2. The Balaban J connectivity index is 2.08. The number of hydrogen-bond donors (Lipinski definition) is 1. The van der Waals surface area contributed by atoms with Crippen LogP contribution in [0.15, 0.2) is 0 Å². The van der Waals surface area contributed by atoms with E-state index in [0.717, 1.165) is 0 Å². The summed E-state index contributed by atoms with van der Waals surface area (Å²) >= 11 is 0. The number of halogens is 2. The van der Waals surface area contributed by atoms with Crippen LogP contribution in [0.4, 0.5) is 8.78 Å². The number of amides is 1. The molecule has 0 atom stereocenters. The van der Waals surface area contributed by atoms with Crippen LogP contribution in [0.25, 0.3) is 0 Å². The van der Waals surface area contributed by atoms with Crippen molar-refractivity contribution in [3.05, 3.63) is 0 Å². The zero-order chi connectivity index (χ0) is 9.19. The Morgan fingerprint density at radius 3 is 2.58 bits per heavy atom. The molecule has 0 bridgehead atoms. The molecule has 4 heteroatoms. The van der Waals surface area contributed by atoms with Crippen LogP contribution in [0.1, 0.15) is 26.2 Å². The smallest absolute Gasteiger partial charge is 0.248 e. The Morgan fingerprint density at radius 2 is 2.17 bits per heavy atom. The van der Waals surface area contributed by atoms with Gasteiger partial charge in [-0.1, -0.05) is 6.92 Å². The number of hydrogen-bond acceptors (Lipinski definition) is 1. The predicted octanol–water partition coefficient (Wildman–Crippen LogP) is 1.56. The van der Waals surface area contributed by atoms with Gasteiger partial charge in [0.2, 0.25) is 11.8 Å². The molecule has 0 saturated heterocycles. The number of rotatable bonds is 3. The van der Waals surface area contributed by atoms with Gasteiger partial charge in [-0.15, -0.1) is 0 Å². The fourth-order valence-electron chi connectivity index (χ4n) is 1.31. The van der Waals surface area contributed by atoms with E-state index >= 15 is 0 Å². The minimum absolute atomic E-state index is 0.0181. The quantitative estimate of drug-likeness (QED) is 0.696. The van der Waals surface area contributed by atoms with Crippen molar-refractivity contribution >= 4 is 5.91 Å². The summed E-state index contributed by atoms with van der Waals surface area (Å²) in [4.78, 5) is 10.7. The fourth-order valence-corrected chi connectivity index (χ4v) is 1.31. The summed E-state index contributed by atoms with van der Waals surface area (Å²) in [6.07, 6.45) is 0.275. The van der Waals surface area contributed by atoms with Crippen molar-refractivity contribution in [2.45, 2.75) is 32.1 Å². The molecular formula is C8H13F2NO. The van der Waals surface area contributed by atoms with Gasteiger partial charge >= 0.3 is 0 Å². The van der Waals surface area contributed by atoms with Crippen molar-refractivity contribution in [1.82, 2.24) is 5.32 Å². The Bertz CT molecular complexity index is 174. The van der Waals surface area contributed by atoms with Gasteiger partial charge in [0.1, 0.15) is 0 Å². The van der Waals surface area contributed by atoms with E-state index in [-0.39, 0.29) is 24.7 Å². The first-order valence-corrected chi connectivity index (χ1v) is 4.18. The van der Waals surface area contributed by atoms with Crippen LogP contribution < -0.4 is 5.32 Å². The van der Waals surface area contributed by atoms with E-state index in [2.05, 4.69) is 5.32 Å². The topological polar surface area (TPSA) is 29.1 Å². The summed E-state index contributed by atoms with van der Waals surface area (Å²) in [5, 5.41) is 2.60. The molecule has 1 aliphatic rings. The SMILES string of the molecule is CCC(=O)NCC1CC(F)(F)C1. The van der Waals surface area contributed by atoms with Gasteiger partial charge in [0, 0.05) is 25.8 Å². The van der Waals surface area contributed by atoms with Gasteiger partial charge in [0.15, 0.2) is 0 Å². The fraction of sp³-hybridized carbons (Fsp3) is 0.875. The maximum absolute atomic E-state index is 12.3. The van der Waals surface area contributed by atoms with Gasteiger partial charge in [-0.2, -0.15) is 0 Å². The molecule has 0 aromatic rings. The first-order chi connectivity index (χ1) is 5.53. The van der Waals surface area contributed by atoms with Crippen molar-refractivity contribution in [3.8, 4) is 0 Å². The summed E-state index contributed by atoms with van der Waals surface area (Å²) in [5.41, 5.74) is 0. The van der Waals surface area contributed by atoms with Gasteiger partial charge < -0.3 is 5.32 Å². The van der Waals surface area contributed by atoms with Gasteiger partial charge in [-0.3, -0.25) is 4.79 Å². The molecule has 1 aliphatic carbocycles. The van der Waals surface area contributed by atoms with E-state index in [1.807, 2.05) is 0 Å². The molecule has 0 aliphatic heterocycles. The van der Waals surface area contributed by atoms with E-state index < -0.39 is 5.92 Å². The third kappa shape index (κ3) is 2.43. The Labute approximate surface area is 70.3 Å². The predicted molar refractivity (Wildman–Crippen MR) is 41.0 cm³/mol. The average Bonchev–Trinajstić information content (AvgIpc) is 1.96. The molecule has 0 spiro atoms. The largest absolute Gasteiger partial charge is 0.356 e. The molecule has 1 saturated carbocycles. The molecule has 1 amide bonds. The number of nitrogens with one attached hydrogen (secondary N) is 1. The summed E-state index contributed by atoms with van der Waals surface area (Å²) in [6, 6.07) is 0. The molecule has 0 unspecified atom stereocenters. The lowest BCUT2D eigenvalue weighted by atomic mass is 9.81. The highest BCUT2D eigenvalue weighted by molar-refractivity contribution is 5.75. The van der Waals surface area contributed by atoms with Crippen molar-refractivity contribution in [1.29, 1.82) is 0 Å². The zero-order valence-corrected chi connectivity index (χ0v) is 7.07. The molecule has 0 aromatic carbocycles. The van der Waals surface area contributed by atoms with Crippen LogP contribution in [0.3, 0.4) is 0 Å². The van der Waals surface area contributed by atoms with E-state index in [0.29, 0.717) is 13.0 Å². The van der Waals surface area contributed by atoms with E-state index in [4.69, 9.17) is 0 Å². The zero-order valence-electron chi connectivity index (χ0n) is 7.07. The second-order valence-electron chi connectivity index (χ2n) is 3.29. The molecule has 1 fully saturated rings. The van der Waals surface area contributed by atoms with Crippen molar-refractivity contribution < 1.29 is 13.6 Å². The summed E-state index contributed by atoms with van der Waals surface area (Å²) in [5.74, 6) is -2.55. The van der Waals surface area contributed by atoms with Crippen LogP contribution in [0.5, 0.6) is 0 Å². The lowest BCUT2D eigenvalue weighted by Crippen LogP contribution is -2.42. The maximum atomic E-state index is 12.3. The van der Waals surface area contributed by atoms with Crippen molar-refractivity contribution in [2.24, 2.45) is 5.92 Å². The standard InChI is InChI=1S/C8H13F2NO/c1-2-7(12)11-5-6-3-8(9,10)4-6/h6H,2-5H2,1H3,(H,11,12). The highest BCUT2D eigenvalue weighted by Gasteiger charge is 2.44. The van der Waals surface area contributed by atoms with Gasteiger partial charge in [-0.05, 0) is 5.92 Å². The molecule has 0 heterocycles. The Morgan fingerprint density at radius 1 is 1.58 bits per heavy atom. The number of carbonyl (C=O) groups is 1. The third-order valence-electron chi connectivity index (χ3n) is 2.08. The monoisotopic (exact) mass is 177 g/mol. The first-order valence-electron chi connectivity index (χ1n) is 4.18. The second kappa shape index (κ2) is 3.37. The molecule has 2 nitrogen and oxygen atoms in total. The maximum Gasteiger partial charge on any atom is 0.248 e. The van der Waals surface area contributed by atoms with Crippen molar-refractivity contribution in [3.63, 3.8) is 0 Å². The van der Waals surface area contributed by atoms with E-state index in [1.165, 1.54) is 0 Å². The lowest BCUT2D eigenvalue weighted by Gasteiger charge is -2.34. The molecular weight excluding hydrogens is 164 g/mol. The third-order valence-corrected chi connectivity index (χ3v) is 2.08. The van der Waals surface area contributed by atoms with Crippen LogP contribution in [-0.2, 0) is 4.79 Å². The Kier molecular flexibility index (Phi) is 2.65.